The van der Waals surface area contributed by atoms with Crippen LogP contribution in [0.2, 0.25) is 0 Å². The molecular weight excluding hydrogens is 288 g/mol. The summed E-state index contributed by atoms with van der Waals surface area (Å²) < 4.78 is 0. The van der Waals surface area contributed by atoms with E-state index in [0.717, 1.165) is 0 Å². The monoisotopic (exact) mass is 328 g/mol. The average Bonchev–Trinajstić information content (AvgIpc) is 2.64. The molecule has 1 atom stereocenters. The van der Waals surface area contributed by atoms with Crippen LogP contribution in [0.1, 0.15) is 104 Å². The molecule has 0 aliphatic heterocycles. The lowest BCUT2D eigenvalue weighted by Crippen LogP contribution is -2.08. The number of hydrogen-bond donors (Lipinski definition) is 0. The minimum atomic E-state index is 0.614. The Morgan fingerprint density at radius 3 is 2.12 bits per heavy atom. The van der Waals surface area contributed by atoms with Crippen molar-refractivity contribution in [3.05, 3.63) is 53.6 Å². The van der Waals surface area contributed by atoms with Crippen LogP contribution in [0, 0.1) is 0 Å². The fraction of sp³-hybridized carbons (Fsp3) is 0.583. The van der Waals surface area contributed by atoms with Crippen LogP contribution < -0.4 is 0 Å². The standard InChI is InChI=1S/C20H28.2C2H6/c1-4-5-6-7-8-9-12-18-16(2)15-17(3)19-13-10-11-14-20(18)19;2*1-2/h10-11,13-15,18H,3-9,12H2,1-2H3;2*1-2H3. The molecule has 1 aromatic rings. The van der Waals surface area contributed by atoms with Gasteiger partial charge < -0.3 is 0 Å². The third-order valence-electron chi connectivity index (χ3n) is 4.48. The van der Waals surface area contributed by atoms with Crippen molar-refractivity contribution in [3.8, 4) is 0 Å². The molecular formula is C24H40. The molecule has 0 bridgehead atoms. The van der Waals surface area contributed by atoms with Gasteiger partial charge in [0, 0.05) is 5.92 Å². The Bertz CT molecular complexity index is 479. The Morgan fingerprint density at radius 1 is 0.875 bits per heavy atom. The fourth-order valence-corrected chi connectivity index (χ4v) is 3.30. The predicted molar refractivity (Wildman–Crippen MR) is 113 cm³/mol. The molecule has 24 heavy (non-hydrogen) atoms. The topological polar surface area (TPSA) is 0 Å². The van der Waals surface area contributed by atoms with Gasteiger partial charge in [0.25, 0.3) is 0 Å². The van der Waals surface area contributed by atoms with Gasteiger partial charge in [-0.25, -0.2) is 0 Å². The first-order valence-electron chi connectivity index (χ1n) is 10.2. The van der Waals surface area contributed by atoms with Crippen molar-refractivity contribution >= 4 is 5.57 Å². The van der Waals surface area contributed by atoms with Crippen molar-refractivity contribution in [2.45, 2.75) is 92.4 Å². The van der Waals surface area contributed by atoms with Crippen LogP contribution in [0.5, 0.6) is 0 Å². The zero-order valence-corrected chi connectivity index (χ0v) is 17.1. The molecule has 1 aliphatic rings. The zero-order chi connectivity index (χ0) is 18.4. The number of rotatable bonds is 7. The molecule has 0 saturated heterocycles. The zero-order valence-electron chi connectivity index (χ0n) is 17.1. The van der Waals surface area contributed by atoms with Crippen LogP contribution >= 0.6 is 0 Å². The number of hydrogen-bond acceptors (Lipinski definition) is 0. The maximum Gasteiger partial charge on any atom is 0.00548 e. The average molecular weight is 329 g/mol. The van der Waals surface area contributed by atoms with Gasteiger partial charge in [-0.2, -0.15) is 0 Å². The molecule has 0 heteroatoms. The van der Waals surface area contributed by atoms with E-state index in [9.17, 15) is 0 Å². The first-order chi connectivity index (χ1) is 11.7. The maximum atomic E-state index is 4.19. The van der Waals surface area contributed by atoms with Crippen LogP contribution in [0.4, 0.5) is 0 Å². The second kappa shape index (κ2) is 14.1. The molecule has 1 unspecified atom stereocenters. The van der Waals surface area contributed by atoms with Crippen LogP contribution in [-0.4, -0.2) is 0 Å². The van der Waals surface area contributed by atoms with Crippen molar-refractivity contribution in [2.24, 2.45) is 0 Å². The summed E-state index contributed by atoms with van der Waals surface area (Å²) >= 11 is 0. The SMILES string of the molecule is C=C1C=C(C)C(CCCCCCCC)c2ccccc21.CC.CC. The first kappa shape index (κ1) is 22.7. The van der Waals surface area contributed by atoms with Gasteiger partial charge in [0.1, 0.15) is 0 Å². The number of unbranched alkanes of at least 4 members (excludes halogenated alkanes) is 5. The highest BCUT2D eigenvalue weighted by Crippen LogP contribution is 2.39. The fourth-order valence-electron chi connectivity index (χ4n) is 3.30. The molecule has 1 aliphatic carbocycles. The second-order valence-corrected chi connectivity index (χ2v) is 6.11. The normalized spacial score (nSPS) is 15.3. The Kier molecular flexibility index (Phi) is 13.3. The Labute approximate surface area is 152 Å². The third kappa shape index (κ3) is 7.07. The molecule has 0 amide bonds. The molecule has 0 radical (unpaired) electrons. The van der Waals surface area contributed by atoms with Gasteiger partial charge in [0.15, 0.2) is 0 Å². The molecule has 1 aromatic carbocycles. The minimum absolute atomic E-state index is 0.614. The van der Waals surface area contributed by atoms with Gasteiger partial charge in [-0.15, -0.1) is 0 Å². The molecule has 0 saturated carbocycles. The summed E-state index contributed by atoms with van der Waals surface area (Å²) in [6.45, 7) is 16.7. The van der Waals surface area contributed by atoms with E-state index < -0.39 is 0 Å². The summed E-state index contributed by atoms with van der Waals surface area (Å²) in [5, 5.41) is 0. The summed E-state index contributed by atoms with van der Waals surface area (Å²) in [5.74, 6) is 0.614. The Hall–Kier alpha value is -1.30. The lowest BCUT2D eigenvalue weighted by atomic mass is 9.78. The van der Waals surface area contributed by atoms with E-state index in [1.807, 2.05) is 27.7 Å². The Balaban J connectivity index is 0.00000123. The van der Waals surface area contributed by atoms with Gasteiger partial charge in [-0.1, -0.05) is 116 Å². The largest absolute Gasteiger partial charge is 0.0912 e. The summed E-state index contributed by atoms with van der Waals surface area (Å²) in [4.78, 5) is 0. The number of fused-ring (bicyclic) bond motifs is 1. The van der Waals surface area contributed by atoms with E-state index >= 15 is 0 Å². The van der Waals surface area contributed by atoms with Crippen molar-refractivity contribution in [2.75, 3.05) is 0 Å². The molecule has 0 spiro atoms. The van der Waals surface area contributed by atoms with Gasteiger partial charge in [-0.3, -0.25) is 0 Å². The molecule has 0 heterocycles. The van der Waals surface area contributed by atoms with Gasteiger partial charge >= 0.3 is 0 Å². The van der Waals surface area contributed by atoms with Crippen molar-refractivity contribution < 1.29 is 0 Å². The van der Waals surface area contributed by atoms with E-state index in [0.29, 0.717) is 5.92 Å². The van der Waals surface area contributed by atoms with Gasteiger partial charge in [-0.05, 0) is 30.0 Å². The smallest absolute Gasteiger partial charge is 0.00548 e. The lowest BCUT2D eigenvalue weighted by molar-refractivity contribution is 0.564. The molecule has 0 N–H and O–H groups in total. The van der Waals surface area contributed by atoms with Crippen LogP contribution in [0.15, 0.2) is 42.5 Å². The molecule has 136 valence electrons. The maximum absolute atomic E-state index is 4.19. The highest BCUT2D eigenvalue weighted by Gasteiger charge is 2.21. The molecule has 2 rings (SSSR count). The third-order valence-corrected chi connectivity index (χ3v) is 4.48. The highest BCUT2D eigenvalue weighted by atomic mass is 14.3. The molecule has 0 fully saturated rings. The molecule has 0 nitrogen and oxygen atoms in total. The van der Waals surface area contributed by atoms with Gasteiger partial charge in [0.2, 0.25) is 0 Å². The van der Waals surface area contributed by atoms with Crippen LogP contribution in [0.3, 0.4) is 0 Å². The quantitative estimate of drug-likeness (QED) is 0.440. The van der Waals surface area contributed by atoms with Crippen LogP contribution in [-0.2, 0) is 0 Å². The van der Waals surface area contributed by atoms with Crippen molar-refractivity contribution in [3.63, 3.8) is 0 Å². The second-order valence-electron chi connectivity index (χ2n) is 6.11. The first-order valence-corrected chi connectivity index (χ1v) is 10.2. The number of allylic oxidation sites excluding steroid dienone is 3. The van der Waals surface area contributed by atoms with Crippen molar-refractivity contribution in [1.29, 1.82) is 0 Å². The summed E-state index contributed by atoms with van der Waals surface area (Å²) in [5.41, 5.74) is 5.51. The minimum Gasteiger partial charge on any atom is -0.0912 e. The van der Waals surface area contributed by atoms with E-state index in [2.05, 4.69) is 50.8 Å². The van der Waals surface area contributed by atoms with Crippen molar-refractivity contribution in [1.82, 2.24) is 0 Å². The lowest BCUT2D eigenvalue weighted by Gasteiger charge is -2.26. The molecule has 0 aromatic heterocycles. The Morgan fingerprint density at radius 2 is 1.46 bits per heavy atom. The highest BCUT2D eigenvalue weighted by molar-refractivity contribution is 5.78. The van der Waals surface area contributed by atoms with E-state index in [4.69, 9.17) is 0 Å². The van der Waals surface area contributed by atoms with E-state index in [1.165, 1.54) is 67.2 Å². The summed E-state index contributed by atoms with van der Waals surface area (Å²) in [7, 11) is 0. The summed E-state index contributed by atoms with van der Waals surface area (Å²) in [6.07, 6.45) is 11.8. The van der Waals surface area contributed by atoms with Gasteiger partial charge in [0.05, 0.1) is 0 Å². The van der Waals surface area contributed by atoms with E-state index in [-0.39, 0.29) is 0 Å². The van der Waals surface area contributed by atoms with E-state index in [1.54, 1.807) is 0 Å². The van der Waals surface area contributed by atoms with Crippen LogP contribution in [0.25, 0.3) is 5.57 Å². The summed E-state index contributed by atoms with van der Waals surface area (Å²) in [6, 6.07) is 8.80. The number of benzene rings is 1. The predicted octanol–water partition coefficient (Wildman–Crippen LogP) is 8.55.